The van der Waals surface area contributed by atoms with Crippen molar-refractivity contribution in [2.45, 2.75) is 59.2 Å². The number of rotatable bonds is 8. The Labute approximate surface area is 117 Å². The molecule has 1 unspecified atom stereocenters. The van der Waals surface area contributed by atoms with E-state index in [1.54, 1.807) is 7.11 Å². The lowest BCUT2D eigenvalue weighted by atomic mass is 10.2. The van der Waals surface area contributed by atoms with Crippen LogP contribution in [0.5, 0.6) is 11.5 Å². The molecule has 1 aromatic carbocycles. The molecule has 3 nitrogen and oxygen atoms in total. The lowest BCUT2D eigenvalue weighted by molar-refractivity contribution is 0.201. The number of nitrogens with one attached hydrogen (secondary N) is 1. The maximum Gasteiger partial charge on any atom is 0.161 e. The molecule has 1 atom stereocenters. The van der Waals surface area contributed by atoms with Gasteiger partial charge in [-0.05, 0) is 31.0 Å². The predicted octanol–water partition coefficient (Wildman–Crippen LogP) is 3.76. The number of ether oxygens (including phenoxy) is 2. The first kappa shape index (κ1) is 15.8. The molecule has 0 aliphatic rings. The van der Waals surface area contributed by atoms with Gasteiger partial charge in [-0.2, -0.15) is 0 Å². The van der Waals surface area contributed by atoms with E-state index in [1.165, 1.54) is 5.56 Å². The standard InChI is InChI=1S/C16H27NO2/c1-6-7-13(4)19-15-9-8-14(10-16(15)18-5)11-17-12(2)3/h8-10,12-13,17H,6-7,11H2,1-5H3. The van der Waals surface area contributed by atoms with Gasteiger partial charge in [-0.15, -0.1) is 0 Å². The molecule has 0 amide bonds. The van der Waals surface area contributed by atoms with Gasteiger partial charge in [0.2, 0.25) is 0 Å². The van der Waals surface area contributed by atoms with Gasteiger partial charge in [-0.3, -0.25) is 0 Å². The van der Waals surface area contributed by atoms with E-state index in [9.17, 15) is 0 Å². The van der Waals surface area contributed by atoms with Crippen LogP contribution in [-0.2, 0) is 6.54 Å². The summed E-state index contributed by atoms with van der Waals surface area (Å²) in [6.07, 6.45) is 2.40. The zero-order chi connectivity index (χ0) is 14.3. The summed E-state index contributed by atoms with van der Waals surface area (Å²) < 4.78 is 11.3. The van der Waals surface area contributed by atoms with Crippen molar-refractivity contribution in [2.24, 2.45) is 0 Å². The molecule has 1 N–H and O–H groups in total. The summed E-state index contributed by atoms with van der Waals surface area (Å²) in [6.45, 7) is 9.38. The fourth-order valence-electron chi connectivity index (χ4n) is 1.92. The van der Waals surface area contributed by atoms with E-state index in [-0.39, 0.29) is 6.10 Å². The molecule has 108 valence electrons. The molecule has 19 heavy (non-hydrogen) atoms. The van der Waals surface area contributed by atoms with Crippen LogP contribution in [0.15, 0.2) is 18.2 Å². The van der Waals surface area contributed by atoms with E-state index < -0.39 is 0 Å². The van der Waals surface area contributed by atoms with Crippen LogP contribution >= 0.6 is 0 Å². The summed E-state index contributed by atoms with van der Waals surface area (Å²) in [5, 5.41) is 3.40. The third kappa shape index (κ3) is 5.52. The van der Waals surface area contributed by atoms with Crippen LogP contribution in [0, 0.1) is 0 Å². The fraction of sp³-hybridized carbons (Fsp3) is 0.625. The average molecular weight is 265 g/mol. The van der Waals surface area contributed by atoms with E-state index in [2.05, 4.69) is 39.1 Å². The Morgan fingerprint density at radius 1 is 1.16 bits per heavy atom. The maximum atomic E-state index is 5.91. The Bertz CT molecular complexity index is 377. The van der Waals surface area contributed by atoms with Gasteiger partial charge in [0, 0.05) is 12.6 Å². The van der Waals surface area contributed by atoms with Gasteiger partial charge in [0.05, 0.1) is 13.2 Å². The van der Waals surface area contributed by atoms with Gasteiger partial charge in [-0.1, -0.05) is 33.3 Å². The normalized spacial score (nSPS) is 12.5. The minimum absolute atomic E-state index is 0.221. The van der Waals surface area contributed by atoms with Crippen molar-refractivity contribution in [1.29, 1.82) is 0 Å². The molecule has 0 saturated heterocycles. The minimum atomic E-state index is 0.221. The van der Waals surface area contributed by atoms with Crippen LogP contribution in [0.4, 0.5) is 0 Å². The topological polar surface area (TPSA) is 30.5 Å². The monoisotopic (exact) mass is 265 g/mol. The first-order chi connectivity index (χ1) is 9.06. The fourth-order valence-corrected chi connectivity index (χ4v) is 1.92. The Morgan fingerprint density at radius 3 is 2.47 bits per heavy atom. The van der Waals surface area contributed by atoms with Gasteiger partial charge in [0.1, 0.15) is 0 Å². The highest BCUT2D eigenvalue weighted by Crippen LogP contribution is 2.29. The van der Waals surface area contributed by atoms with Crippen molar-refractivity contribution >= 4 is 0 Å². The lowest BCUT2D eigenvalue weighted by Gasteiger charge is -2.17. The summed E-state index contributed by atoms with van der Waals surface area (Å²) in [5.74, 6) is 1.64. The van der Waals surface area contributed by atoms with Crippen LogP contribution in [0.3, 0.4) is 0 Å². The zero-order valence-electron chi connectivity index (χ0n) is 12.8. The number of benzene rings is 1. The molecule has 0 aromatic heterocycles. The van der Waals surface area contributed by atoms with Crippen molar-refractivity contribution in [3.8, 4) is 11.5 Å². The first-order valence-corrected chi connectivity index (χ1v) is 7.13. The van der Waals surface area contributed by atoms with Crippen molar-refractivity contribution < 1.29 is 9.47 Å². The van der Waals surface area contributed by atoms with E-state index in [0.717, 1.165) is 30.9 Å². The van der Waals surface area contributed by atoms with Gasteiger partial charge in [0.25, 0.3) is 0 Å². The van der Waals surface area contributed by atoms with Crippen LogP contribution in [0.25, 0.3) is 0 Å². The predicted molar refractivity (Wildman–Crippen MR) is 80.0 cm³/mol. The van der Waals surface area contributed by atoms with Gasteiger partial charge < -0.3 is 14.8 Å². The van der Waals surface area contributed by atoms with Crippen LogP contribution < -0.4 is 14.8 Å². The number of hydrogen-bond acceptors (Lipinski definition) is 3. The van der Waals surface area contributed by atoms with Gasteiger partial charge in [-0.25, -0.2) is 0 Å². The summed E-state index contributed by atoms with van der Waals surface area (Å²) in [6, 6.07) is 6.61. The summed E-state index contributed by atoms with van der Waals surface area (Å²) in [5.41, 5.74) is 1.21. The highest BCUT2D eigenvalue weighted by atomic mass is 16.5. The molecule has 0 heterocycles. The van der Waals surface area contributed by atoms with Crippen molar-refractivity contribution in [3.63, 3.8) is 0 Å². The molecular formula is C16H27NO2. The molecule has 0 spiro atoms. The van der Waals surface area contributed by atoms with E-state index in [4.69, 9.17) is 9.47 Å². The molecule has 1 aromatic rings. The molecule has 0 bridgehead atoms. The quantitative estimate of drug-likeness (QED) is 0.776. The van der Waals surface area contributed by atoms with Crippen molar-refractivity contribution in [1.82, 2.24) is 5.32 Å². The van der Waals surface area contributed by atoms with Crippen molar-refractivity contribution in [3.05, 3.63) is 23.8 Å². The highest BCUT2D eigenvalue weighted by Gasteiger charge is 2.09. The second-order valence-corrected chi connectivity index (χ2v) is 5.24. The SMILES string of the molecule is CCCC(C)Oc1ccc(CNC(C)C)cc1OC. The van der Waals surface area contributed by atoms with E-state index >= 15 is 0 Å². The molecule has 0 fully saturated rings. The van der Waals surface area contributed by atoms with E-state index in [0.29, 0.717) is 6.04 Å². The Kier molecular flexibility index (Phi) is 6.71. The Hall–Kier alpha value is -1.22. The molecule has 0 aliphatic heterocycles. The molecule has 0 aliphatic carbocycles. The molecular weight excluding hydrogens is 238 g/mol. The van der Waals surface area contributed by atoms with Crippen LogP contribution in [0.1, 0.15) is 46.1 Å². The third-order valence-electron chi connectivity index (χ3n) is 2.97. The summed E-state index contributed by atoms with van der Waals surface area (Å²) in [7, 11) is 1.69. The summed E-state index contributed by atoms with van der Waals surface area (Å²) >= 11 is 0. The Balaban J connectivity index is 2.72. The largest absolute Gasteiger partial charge is 0.493 e. The first-order valence-electron chi connectivity index (χ1n) is 7.13. The maximum absolute atomic E-state index is 5.91. The molecule has 3 heteroatoms. The summed E-state index contributed by atoms with van der Waals surface area (Å²) in [4.78, 5) is 0. The molecule has 0 radical (unpaired) electrons. The average Bonchev–Trinajstić information content (AvgIpc) is 2.37. The van der Waals surface area contributed by atoms with Crippen LogP contribution in [0.2, 0.25) is 0 Å². The van der Waals surface area contributed by atoms with Crippen LogP contribution in [-0.4, -0.2) is 19.3 Å². The Morgan fingerprint density at radius 2 is 1.89 bits per heavy atom. The van der Waals surface area contributed by atoms with E-state index in [1.807, 2.05) is 12.1 Å². The third-order valence-corrected chi connectivity index (χ3v) is 2.97. The smallest absolute Gasteiger partial charge is 0.161 e. The number of hydrogen-bond donors (Lipinski definition) is 1. The second kappa shape index (κ2) is 8.05. The zero-order valence-corrected chi connectivity index (χ0v) is 12.8. The molecule has 1 rings (SSSR count). The minimum Gasteiger partial charge on any atom is -0.493 e. The highest BCUT2D eigenvalue weighted by molar-refractivity contribution is 5.43. The second-order valence-electron chi connectivity index (χ2n) is 5.24. The van der Waals surface area contributed by atoms with Gasteiger partial charge in [0.15, 0.2) is 11.5 Å². The molecule has 0 saturated carbocycles. The lowest BCUT2D eigenvalue weighted by Crippen LogP contribution is -2.21. The number of methoxy groups -OCH3 is 1. The van der Waals surface area contributed by atoms with Gasteiger partial charge >= 0.3 is 0 Å². The van der Waals surface area contributed by atoms with Crippen molar-refractivity contribution in [2.75, 3.05) is 7.11 Å².